The van der Waals surface area contributed by atoms with Crippen molar-refractivity contribution in [2.45, 2.75) is 0 Å². The third-order valence-corrected chi connectivity index (χ3v) is 3.97. The Labute approximate surface area is 146 Å². The van der Waals surface area contributed by atoms with E-state index in [0.717, 1.165) is 5.56 Å². The fraction of sp³-hybridized carbons (Fsp3) is 0. The second-order valence-corrected chi connectivity index (χ2v) is 5.69. The van der Waals surface area contributed by atoms with Gasteiger partial charge in [-0.15, -0.1) is 0 Å². The number of fused-ring (bicyclic) bond motifs is 2. The van der Waals surface area contributed by atoms with Gasteiger partial charge in [-0.2, -0.15) is 0 Å². The molecule has 7 heteroatoms. The Balaban J connectivity index is 1.84. The minimum atomic E-state index is -0.232. The first-order chi connectivity index (χ1) is 12.8. The number of oxazole rings is 1. The van der Waals surface area contributed by atoms with Crippen molar-refractivity contribution >= 4 is 22.4 Å². The Morgan fingerprint density at radius 2 is 1.69 bits per heavy atom. The molecule has 0 aliphatic heterocycles. The summed E-state index contributed by atoms with van der Waals surface area (Å²) in [6.45, 7) is 0. The predicted octanol–water partition coefficient (Wildman–Crippen LogP) is 3.19. The number of aromatic nitrogens is 5. The fourth-order valence-corrected chi connectivity index (χ4v) is 2.79. The standard InChI is InChI=1S/C19H11N5O2/c25-14-9-8-12-17(23-14)24-15(11-5-2-1-3-6-11)16(21-12)19-22-13-7-4-10-20-18(13)26-19/h1-10H,(H,23,24,25). The van der Waals surface area contributed by atoms with E-state index >= 15 is 0 Å². The summed E-state index contributed by atoms with van der Waals surface area (Å²) in [5.74, 6) is 0.332. The zero-order valence-corrected chi connectivity index (χ0v) is 13.4. The smallest absolute Gasteiger partial charge is 0.250 e. The predicted molar refractivity (Wildman–Crippen MR) is 96.4 cm³/mol. The van der Waals surface area contributed by atoms with Gasteiger partial charge >= 0.3 is 0 Å². The summed E-state index contributed by atoms with van der Waals surface area (Å²) >= 11 is 0. The molecule has 0 atom stereocenters. The molecule has 4 aromatic heterocycles. The maximum Gasteiger partial charge on any atom is 0.250 e. The molecular weight excluding hydrogens is 330 g/mol. The van der Waals surface area contributed by atoms with Crippen molar-refractivity contribution in [3.05, 3.63) is 71.1 Å². The van der Waals surface area contributed by atoms with Gasteiger partial charge in [0.05, 0.1) is 0 Å². The van der Waals surface area contributed by atoms with E-state index in [1.54, 1.807) is 18.3 Å². The highest BCUT2D eigenvalue weighted by atomic mass is 16.4. The SMILES string of the molecule is O=c1ccc2nc(-c3nc4cccnc4o3)c(-c3ccccc3)nc2[nH]1. The van der Waals surface area contributed by atoms with Crippen molar-refractivity contribution in [2.24, 2.45) is 0 Å². The molecule has 5 aromatic rings. The summed E-state index contributed by atoms with van der Waals surface area (Å²) in [7, 11) is 0. The molecule has 26 heavy (non-hydrogen) atoms. The van der Waals surface area contributed by atoms with Gasteiger partial charge in [0.2, 0.25) is 17.2 Å². The van der Waals surface area contributed by atoms with Crippen LogP contribution in [0.15, 0.2) is 70.0 Å². The molecule has 0 spiro atoms. The molecule has 0 bridgehead atoms. The van der Waals surface area contributed by atoms with Gasteiger partial charge in [0.1, 0.15) is 16.7 Å². The Kier molecular flexibility index (Phi) is 3.11. The van der Waals surface area contributed by atoms with Crippen LogP contribution in [0.3, 0.4) is 0 Å². The zero-order valence-electron chi connectivity index (χ0n) is 13.4. The normalized spacial score (nSPS) is 11.2. The highest BCUT2D eigenvalue weighted by molar-refractivity contribution is 5.83. The third-order valence-electron chi connectivity index (χ3n) is 3.97. The van der Waals surface area contributed by atoms with Crippen molar-refractivity contribution in [3.8, 4) is 22.8 Å². The lowest BCUT2D eigenvalue weighted by molar-refractivity contribution is 0.605. The van der Waals surface area contributed by atoms with Crippen LogP contribution >= 0.6 is 0 Å². The topological polar surface area (TPSA) is 97.6 Å². The molecule has 0 aliphatic carbocycles. The van der Waals surface area contributed by atoms with Crippen molar-refractivity contribution in [1.82, 2.24) is 24.9 Å². The second-order valence-electron chi connectivity index (χ2n) is 5.69. The first-order valence-electron chi connectivity index (χ1n) is 7.96. The first kappa shape index (κ1) is 14.5. The van der Waals surface area contributed by atoms with Crippen LogP contribution in [-0.2, 0) is 0 Å². The van der Waals surface area contributed by atoms with Crippen molar-refractivity contribution in [1.29, 1.82) is 0 Å². The van der Waals surface area contributed by atoms with E-state index in [9.17, 15) is 4.79 Å². The third kappa shape index (κ3) is 2.34. The van der Waals surface area contributed by atoms with Crippen LogP contribution in [0.2, 0.25) is 0 Å². The highest BCUT2D eigenvalue weighted by Crippen LogP contribution is 2.31. The highest BCUT2D eigenvalue weighted by Gasteiger charge is 2.18. The number of benzene rings is 1. The number of nitrogens with one attached hydrogen (secondary N) is 1. The summed E-state index contributed by atoms with van der Waals surface area (Å²) in [6, 6.07) is 16.2. The average molecular weight is 341 g/mol. The first-order valence-corrected chi connectivity index (χ1v) is 7.96. The number of pyridine rings is 2. The van der Waals surface area contributed by atoms with E-state index in [0.29, 0.717) is 39.7 Å². The zero-order chi connectivity index (χ0) is 17.5. The minimum Gasteiger partial charge on any atom is -0.416 e. The van der Waals surface area contributed by atoms with Gasteiger partial charge in [-0.05, 0) is 18.2 Å². The Morgan fingerprint density at radius 3 is 2.54 bits per heavy atom. The number of H-pyrrole nitrogens is 1. The molecule has 0 saturated carbocycles. The lowest BCUT2D eigenvalue weighted by atomic mass is 10.1. The van der Waals surface area contributed by atoms with Crippen LogP contribution < -0.4 is 5.56 Å². The largest absolute Gasteiger partial charge is 0.416 e. The molecule has 0 unspecified atom stereocenters. The van der Waals surface area contributed by atoms with Gasteiger partial charge in [-0.1, -0.05) is 30.3 Å². The number of aromatic amines is 1. The summed E-state index contributed by atoms with van der Waals surface area (Å²) in [5.41, 5.74) is 3.72. The van der Waals surface area contributed by atoms with Crippen LogP contribution in [-0.4, -0.2) is 24.9 Å². The van der Waals surface area contributed by atoms with Crippen molar-refractivity contribution in [3.63, 3.8) is 0 Å². The van der Waals surface area contributed by atoms with Gasteiger partial charge in [0, 0.05) is 17.8 Å². The van der Waals surface area contributed by atoms with Crippen molar-refractivity contribution in [2.75, 3.05) is 0 Å². The van der Waals surface area contributed by atoms with E-state index in [1.165, 1.54) is 6.07 Å². The van der Waals surface area contributed by atoms with Gasteiger partial charge < -0.3 is 9.40 Å². The molecule has 7 nitrogen and oxygen atoms in total. The molecule has 0 amide bonds. The number of rotatable bonds is 2. The Hall–Kier alpha value is -3.87. The summed E-state index contributed by atoms with van der Waals surface area (Å²) in [5, 5.41) is 0. The van der Waals surface area contributed by atoms with Gasteiger partial charge in [-0.3, -0.25) is 4.79 Å². The van der Waals surface area contributed by atoms with E-state index in [4.69, 9.17) is 4.42 Å². The van der Waals surface area contributed by atoms with Crippen molar-refractivity contribution < 1.29 is 4.42 Å². The molecule has 5 rings (SSSR count). The molecule has 1 N–H and O–H groups in total. The maximum atomic E-state index is 11.6. The van der Waals surface area contributed by atoms with Crippen LogP contribution in [0.5, 0.6) is 0 Å². The van der Waals surface area contributed by atoms with E-state index in [2.05, 4.69) is 24.9 Å². The maximum absolute atomic E-state index is 11.6. The van der Waals surface area contributed by atoms with Crippen LogP contribution in [0.25, 0.3) is 45.2 Å². The lowest BCUT2D eigenvalue weighted by Crippen LogP contribution is -2.06. The molecule has 124 valence electrons. The number of nitrogens with zero attached hydrogens (tertiary/aromatic N) is 4. The van der Waals surface area contributed by atoms with E-state index in [-0.39, 0.29) is 5.56 Å². The number of hydrogen-bond donors (Lipinski definition) is 1. The quantitative estimate of drug-likeness (QED) is 0.529. The molecule has 0 saturated heterocycles. The molecule has 0 radical (unpaired) electrons. The van der Waals surface area contributed by atoms with Crippen LogP contribution in [0, 0.1) is 0 Å². The number of hydrogen-bond acceptors (Lipinski definition) is 6. The van der Waals surface area contributed by atoms with E-state index in [1.807, 2.05) is 36.4 Å². The molecular formula is C19H11N5O2. The monoisotopic (exact) mass is 341 g/mol. The lowest BCUT2D eigenvalue weighted by Gasteiger charge is -2.07. The van der Waals surface area contributed by atoms with Gasteiger partial charge in [-0.25, -0.2) is 19.9 Å². The Morgan fingerprint density at radius 1 is 0.808 bits per heavy atom. The summed E-state index contributed by atoms with van der Waals surface area (Å²) in [4.78, 5) is 32.3. The molecule has 0 fully saturated rings. The Bertz CT molecular complexity index is 1280. The van der Waals surface area contributed by atoms with E-state index < -0.39 is 0 Å². The second kappa shape index (κ2) is 5.59. The molecule has 0 aliphatic rings. The fourth-order valence-electron chi connectivity index (χ4n) is 2.79. The average Bonchev–Trinajstić information content (AvgIpc) is 3.11. The molecule has 1 aromatic carbocycles. The van der Waals surface area contributed by atoms with Crippen LogP contribution in [0.1, 0.15) is 0 Å². The minimum absolute atomic E-state index is 0.232. The molecule has 4 heterocycles. The summed E-state index contributed by atoms with van der Waals surface area (Å²) < 4.78 is 5.79. The van der Waals surface area contributed by atoms with Gasteiger partial charge in [0.15, 0.2) is 11.3 Å². The van der Waals surface area contributed by atoms with Gasteiger partial charge in [0.25, 0.3) is 0 Å². The summed E-state index contributed by atoms with van der Waals surface area (Å²) in [6.07, 6.45) is 1.65. The van der Waals surface area contributed by atoms with Crippen LogP contribution in [0.4, 0.5) is 0 Å².